The minimum Gasteiger partial charge on any atom is -0.444 e. The summed E-state index contributed by atoms with van der Waals surface area (Å²) < 4.78 is 7.66. The van der Waals surface area contributed by atoms with Gasteiger partial charge in [0.15, 0.2) is 0 Å². The topological polar surface area (TPSA) is 114 Å². The molecule has 0 bridgehead atoms. The van der Waals surface area contributed by atoms with Crippen LogP contribution in [0.15, 0.2) is 18.5 Å². The van der Waals surface area contributed by atoms with E-state index in [0.29, 0.717) is 37.4 Å². The van der Waals surface area contributed by atoms with Gasteiger partial charge in [-0.15, -0.1) is 0 Å². The van der Waals surface area contributed by atoms with Crippen LogP contribution in [0.3, 0.4) is 0 Å². The molecular weight excluding hydrogens is 494 g/mol. The van der Waals surface area contributed by atoms with E-state index >= 15 is 0 Å². The summed E-state index contributed by atoms with van der Waals surface area (Å²) in [6.45, 7) is 13.2. The Bertz CT molecular complexity index is 1120. The molecule has 2 N–H and O–H groups in total. The van der Waals surface area contributed by atoms with Crippen LogP contribution in [0.5, 0.6) is 0 Å². The van der Waals surface area contributed by atoms with Crippen molar-refractivity contribution in [1.29, 1.82) is 0 Å². The number of nitrogens with zero attached hydrogens (tertiary/aromatic N) is 5. The molecule has 0 spiro atoms. The van der Waals surface area contributed by atoms with Crippen molar-refractivity contribution in [3.05, 3.63) is 24.3 Å². The van der Waals surface area contributed by atoms with Crippen molar-refractivity contribution in [3.63, 3.8) is 0 Å². The van der Waals surface area contributed by atoms with Crippen molar-refractivity contribution >= 4 is 17.9 Å². The number of likely N-dealkylation sites (tertiary alicyclic amines) is 1. The van der Waals surface area contributed by atoms with E-state index in [4.69, 9.17) is 9.72 Å². The maximum atomic E-state index is 12.7. The zero-order chi connectivity index (χ0) is 28.2. The molecule has 2 aromatic heterocycles. The standard InChI is InChI=1S/C29H45N7O3/c1-19(2)36-20(3)31-18-25(36)24-11-14-30-27(34-24)33-23-9-7-22(8-10-23)32-26(37)17-21-12-15-35(16-13-21)28(38)39-29(4,5)6/h11,14,18-19,21-23H,7-10,12-13,15-17H2,1-6H3,(H,32,37)(H,30,33,34). The molecule has 0 radical (unpaired) electrons. The first kappa shape index (κ1) is 28.8. The fraction of sp³-hybridized carbons (Fsp3) is 0.690. The number of piperidine rings is 1. The highest BCUT2D eigenvalue weighted by Gasteiger charge is 2.29. The van der Waals surface area contributed by atoms with E-state index in [-0.39, 0.29) is 24.1 Å². The fourth-order valence-electron chi connectivity index (χ4n) is 5.63. The molecule has 2 aliphatic rings. The Labute approximate surface area is 232 Å². The Kier molecular flexibility index (Phi) is 9.12. The molecule has 2 aromatic rings. The molecule has 1 saturated carbocycles. The molecule has 39 heavy (non-hydrogen) atoms. The number of ether oxygens (including phenoxy) is 1. The molecule has 2 fully saturated rings. The van der Waals surface area contributed by atoms with Gasteiger partial charge in [0, 0.05) is 43.8 Å². The van der Waals surface area contributed by atoms with Gasteiger partial charge in [0.2, 0.25) is 11.9 Å². The Balaban J connectivity index is 1.20. The average molecular weight is 540 g/mol. The van der Waals surface area contributed by atoms with Gasteiger partial charge in [-0.1, -0.05) is 0 Å². The highest BCUT2D eigenvalue weighted by atomic mass is 16.6. The van der Waals surface area contributed by atoms with Crippen molar-refractivity contribution in [2.24, 2.45) is 5.92 Å². The number of nitrogens with one attached hydrogen (secondary N) is 2. The molecule has 10 nitrogen and oxygen atoms in total. The van der Waals surface area contributed by atoms with Crippen molar-refractivity contribution in [3.8, 4) is 11.4 Å². The van der Waals surface area contributed by atoms with Crippen LogP contribution in [0, 0.1) is 12.8 Å². The number of rotatable bonds is 7. The minimum atomic E-state index is -0.489. The maximum absolute atomic E-state index is 12.7. The second-order valence-electron chi connectivity index (χ2n) is 12.3. The Morgan fingerprint density at radius 2 is 1.72 bits per heavy atom. The molecule has 10 heteroatoms. The second kappa shape index (κ2) is 12.3. The first-order chi connectivity index (χ1) is 18.5. The zero-order valence-corrected chi connectivity index (χ0v) is 24.4. The largest absolute Gasteiger partial charge is 0.444 e. The third-order valence-electron chi connectivity index (χ3n) is 7.58. The van der Waals surface area contributed by atoms with E-state index in [0.717, 1.165) is 55.7 Å². The third kappa shape index (κ3) is 7.92. The molecule has 2 amide bonds. The third-order valence-corrected chi connectivity index (χ3v) is 7.58. The summed E-state index contributed by atoms with van der Waals surface area (Å²) in [5.41, 5.74) is 1.37. The molecule has 4 rings (SSSR count). The van der Waals surface area contributed by atoms with E-state index in [1.54, 1.807) is 11.1 Å². The summed E-state index contributed by atoms with van der Waals surface area (Å²) in [4.78, 5) is 40.5. The van der Waals surface area contributed by atoms with E-state index in [2.05, 4.69) is 39.0 Å². The predicted molar refractivity (Wildman–Crippen MR) is 151 cm³/mol. The maximum Gasteiger partial charge on any atom is 0.410 e. The van der Waals surface area contributed by atoms with Gasteiger partial charge in [-0.05, 0) is 92.1 Å². The van der Waals surface area contributed by atoms with Crippen LogP contribution in [0.25, 0.3) is 11.4 Å². The van der Waals surface area contributed by atoms with Crippen molar-refractivity contribution in [1.82, 2.24) is 29.7 Å². The smallest absolute Gasteiger partial charge is 0.410 e. The van der Waals surface area contributed by atoms with Gasteiger partial charge in [0.25, 0.3) is 0 Å². The first-order valence-electron chi connectivity index (χ1n) is 14.4. The lowest BCUT2D eigenvalue weighted by Gasteiger charge is -2.34. The molecule has 3 heterocycles. The summed E-state index contributed by atoms with van der Waals surface area (Å²) in [6, 6.07) is 2.70. The van der Waals surface area contributed by atoms with Crippen LogP contribution in [-0.2, 0) is 9.53 Å². The Hall–Kier alpha value is -3.17. The molecule has 1 aliphatic carbocycles. The van der Waals surface area contributed by atoms with E-state index < -0.39 is 5.60 Å². The predicted octanol–water partition coefficient (Wildman–Crippen LogP) is 5.11. The number of carbonyl (C=O) groups is 2. The van der Waals surface area contributed by atoms with Gasteiger partial charge >= 0.3 is 6.09 Å². The van der Waals surface area contributed by atoms with Gasteiger partial charge in [-0.2, -0.15) is 0 Å². The van der Waals surface area contributed by atoms with E-state index in [9.17, 15) is 9.59 Å². The second-order valence-corrected chi connectivity index (χ2v) is 12.3. The van der Waals surface area contributed by atoms with Crippen LogP contribution in [-0.4, -0.2) is 67.2 Å². The summed E-state index contributed by atoms with van der Waals surface area (Å²) in [5, 5.41) is 6.76. The molecule has 0 aromatic carbocycles. The Morgan fingerprint density at radius 3 is 2.36 bits per heavy atom. The van der Waals surface area contributed by atoms with Crippen LogP contribution < -0.4 is 10.6 Å². The van der Waals surface area contributed by atoms with Gasteiger partial charge in [0.1, 0.15) is 11.4 Å². The molecule has 1 saturated heterocycles. The van der Waals surface area contributed by atoms with Gasteiger partial charge < -0.3 is 24.8 Å². The number of aromatic nitrogens is 4. The number of hydrogen-bond acceptors (Lipinski definition) is 7. The van der Waals surface area contributed by atoms with Gasteiger partial charge in [-0.25, -0.2) is 19.7 Å². The Morgan fingerprint density at radius 1 is 1.05 bits per heavy atom. The fourth-order valence-corrected chi connectivity index (χ4v) is 5.63. The number of amides is 2. The number of aryl methyl sites for hydroxylation is 1. The average Bonchev–Trinajstić information content (AvgIpc) is 3.26. The quantitative estimate of drug-likeness (QED) is 0.503. The summed E-state index contributed by atoms with van der Waals surface area (Å²) in [5.74, 6) is 2.03. The lowest BCUT2D eigenvalue weighted by Crippen LogP contribution is -2.43. The summed E-state index contributed by atoms with van der Waals surface area (Å²) >= 11 is 0. The molecule has 0 atom stereocenters. The van der Waals surface area contributed by atoms with Gasteiger partial charge in [0.05, 0.1) is 17.6 Å². The normalized spacial score (nSPS) is 20.6. The molecular formula is C29H45N7O3. The lowest BCUT2D eigenvalue weighted by atomic mass is 9.90. The summed E-state index contributed by atoms with van der Waals surface area (Å²) in [6.07, 6.45) is 9.37. The molecule has 214 valence electrons. The molecule has 0 unspecified atom stereocenters. The minimum absolute atomic E-state index is 0.121. The lowest BCUT2D eigenvalue weighted by molar-refractivity contribution is -0.123. The number of imidazole rings is 1. The zero-order valence-electron chi connectivity index (χ0n) is 24.4. The van der Waals surface area contributed by atoms with Crippen molar-refractivity contribution < 1.29 is 14.3 Å². The van der Waals surface area contributed by atoms with Crippen molar-refractivity contribution in [2.75, 3.05) is 18.4 Å². The number of anilines is 1. The van der Waals surface area contributed by atoms with Gasteiger partial charge in [-0.3, -0.25) is 4.79 Å². The van der Waals surface area contributed by atoms with Crippen molar-refractivity contribution in [2.45, 2.75) is 110 Å². The SMILES string of the molecule is Cc1ncc(-c2ccnc(NC3CCC(NC(=O)CC4CCN(C(=O)OC(C)(C)C)CC4)CC3)n2)n1C(C)C. The van der Waals surface area contributed by atoms with Crippen LogP contribution >= 0.6 is 0 Å². The van der Waals surface area contributed by atoms with Crippen LogP contribution in [0.1, 0.15) is 91.4 Å². The highest BCUT2D eigenvalue weighted by Crippen LogP contribution is 2.26. The first-order valence-corrected chi connectivity index (χ1v) is 14.4. The summed E-state index contributed by atoms with van der Waals surface area (Å²) in [7, 11) is 0. The molecule has 1 aliphatic heterocycles. The number of hydrogen-bond donors (Lipinski definition) is 2. The van der Waals surface area contributed by atoms with E-state index in [1.165, 1.54) is 0 Å². The highest BCUT2D eigenvalue weighted by molar-refractivity contribution is 5.76. The van der Waals surface area contributed by atoms with E-state index in [1.807, 2.05) is 40.0 Å². The number of carbonyl (C=O) groups excluding carboxylic acids is 2. The monoisotopic (exact) mass is 539 g/mol. The van der Waals surface area contributed by atoms with Crippen LogP contribution in [0.2, 0.25) is 0 Å². The van der Waals surface area contributed by atoms with Crippen LogP contribution in [0.4, 0.5) is 10.7 Å².